The summed E-state index contributed by atoms with van der Waals surface area (Å²) in [5.74, 6) is 0. The van der Waals surface area contributed by atoms with E-state index < -0.39 is 6.10 Å². The van der Waals surface area contributed by atoms with Crippen molar-refractivity contribution in [1.29, 1.82) is 0 Å². The zero-order valence-corrected chi connectivity index (χ0v) is 10.6. The third-order valence-corrected chi connectivity index (χ3v) is 3.57. The Hall–Kier alpha value is -0.610. The van der Waals surface area contributed by atoms with E-state index in [2.05, 4.69) is 4.90 Å². The minimum absolute atomic E-state index is 0.332. The lowest BCUT2D eigenvalue weighted by Crippen LogP contribution is -2.41. The molecule has 0 unspecified atom stereocenters. The van der Waals surface area contributed by atoms with Gasteiger partial charge in [-0.25, -0.2) is 0 Å². The average molecular weight is 255 g/mol. The van der Waals surface area contributed by atoms with Crippen LogP contribution in [0.1, 0.15) is 24.5 Å². The van der Waals surface area contributed by atoms with E-state index in [1.807, 2.05) is 24.3 Å². The Bertz CT molecular complexity index is 347. The van der Waals surface area contributed by atoms with Gasteiger partial charge in [-0.15, -0.1) is 0 Å². The smallest absolute Gasteiger partial charge is 0.0916 e. The maximum atomic E-state index is 10.1. The van der Waals surface area contributed by atoms with Crippen molar-refractivity contribution >= 4 is 11.6 Å². The molecule has 17 heavy (non-hydrogen) atoms. The van der Waals surface area contributed by atoms with Crippen LogP contribution in [0.5, 0.6) is 0 Å². The van der Waals surface area contributed by atoms with Gasteiger partial charge in [-0.2, -0.15) is 0 Å². The van der Waals surface area contributed by atoms with E-state index in [-0.39, 0.29) is 0 Å². The van der Waals surface area contributed by atoms with Crippen molar-refractivity contribution in [2.45, 2.75) is 25.0 Å². The quantitative estimate of drug-likeness (QED) is 0.865. The molecule has 0 radical (unpaired) electrons. The number of nitrogens with zero attached hydrogens (tertiary/aromatic N) is 1. The van der Waals surface area contributed by atoms with Gasteiger partial charge in [0.15, 0.2) is 0 Å². The van der Waals surface area contributed by atoms with E-state index in [0.717, 1.165) is 31.5 Å². The number of nitrogens with two attached hydrogens (primary N) is 1. The normalized spacial score (nSPS) is 20.4. The lowest BCUT2D eigenvalue weighted by molar-refractivity contribution is 0.0977. The van der Waals surface area contributed by atoms with Crippen LogP contribution in [0.25, 0.3) is 0 Å². The van der Waals surface area contributed by atoms with Gasteiger partial charge in [-0.3, -0.25) is 0 Å². The highest BCUT2D eigenvalue weighted by Gasteiger charge is 2.19. The number of aliphatic hydroxyl groups is 1. The van der Waals surface area contributed by atoms with Crippen molar-refractivity contribution in [3.63, 3.8) is 0 Å². The fourth-order valence-electron chi connectivity index (χ4n) is 2.17. The van der Waals surface area contributed by atoms with Crippen LogP contribution in [0.15, 0.2) is 24.3 Å². The Morgan fingerprint density at radius 2 is 1.88 bits per heavy atom. The van der Waals surface area contributed by atoms with E-state index in [0.29, 0.717) is 17.6 Å². The zero-order chi connectivity index (χ0) is 12.3. The molecule has 94 valence electrons. The minimum Gasteiger partial charge on any atom is -0.387 e. The largest absolute Gasteiger partial charge is 0.387 e. The van der Waals surface area contributed by atoms with Crippen LogP contribution in [0.2, 0.25) is 5.02 Å². The van der Waals surface area contributed by atoms with Crippen LogP contribution in [0.4, 0.5) is 0 Å². The predicted octanol–water partition coefficient (Wildman–Crippen LogP) is 1.80. The first kappa shape index (κ1) is 12.8. The molecule has 1 aliphatic rings. The Kier molecular flexibility index (Phi) is 4.40. The number of benzene rings is 1. The summed E-state index contributed by atoms with van der Waals surface area (Å²) in [5.41, 5.74) is 6.77. The van der Waals surface area contributed by atoms with Crippen molar-refractivity contribution in [2.75, 3.05) is 19.6 Å². The van der Waals surface area contributed by atoms with Gasteiger partial charge in [0.25, 0.3) is 0 Å². The number of aliphatic hydroxyl groups excluding tert-OH is 1. The van der Waals surface area contributed by atoms with E-state index in [1.54, 1.807) is 0 Å². The fourth-order valence-corrected chi connectivity index (χ4v) is 2.30. The number of hydrogen-bond donors (Lipinski definition) is 2. The molecule has 0 amide bonds. The molecule has 1 saturated heterocycles. The fraction of sp³-hybridized carbons (Fsp3) is 0.538. The number of β-amino-alcohol motifs (C(OH)–C–C–N with tert-alkyl or cyclic N) is 1. The van der Waals surface area contributed by atoms with Crippen molar-refractivity contribution in [1.82, 2.24) is 4.90 Å². The lowest BCUT2D eigenvalue weighted by Gasteiger charge is -2.31. The van der Waals surface area contributed by atoms with Crippen molar-refractivity contribution in [2.24, 2.45) is 5.73 Å². The molecule has 0 spiro atoms. The molecule has 1 atom stereocenters. The molecule has 0 bridgehead atoms. The minimum atomic E-state index is -0.443. The highest BCUT2D eigenvalue weighted by Crippen LogP contribution is 2.19. The topological polar surface area (TPSA) is 49.5 Å². The molecule has 4 heteroatoms. The van der Waals surface area contributed by atoms with Gasteiger partial charge in [-0.1, -0.05) is 23.7 Å². The molecule has 3 N–H and O–H groups in total. The monoisotopic (exact) mass is 254 g/mol. The molecule has 0 aromatic heterocycles. The Balaban J connectivity index is 1.88. The van der Waals surface area contributed by atoms with Gasteiger partial charge in [0, 0.05) is 17.6 Å². The van der Waals surface area contributed by atoms with E-state index >= 15 is 0 Å². The summed E-state index contributed by atoms with van der Waals surface area (Å²) in [6.45, 7) is 2.63. The third-order valence-electron chi connectivity index (χ3n) is 3.32. The predicted molar refractivity (Wildman–Crippen MR) is 70.1 cm³/mol. The van der Waals surface area contributed by atoms with Gasteiger partial charge in [0.1, 0.15) is 0 Å². The van der Waals surface area contributed by atoms with Crippen LogP contribution >= 0.6 is 11.6 Å². The highest BCUT2D eigenvalue weighted by atomic mass is 35.5. The number of piperidine rings is 1. The second kappa shape index (κ2) is 5.83. The number of halogens is 1. The molecule has 0 saturated carbocycles. The first-order chi connectivity index (χ1) is 8.15. The summed E-state index contributed by atoms with van der Waals surface area (Å²) in [7, 11) is 0. The zero-order valence-electron chi connectivity index (χ0n) is 9.85. The molecule has 1 fully saturated rings. The molecular formula is C13H19ClN2O. The summed E-state index contributed by atoms with van der Waals surface area (Å²) < 4.78 is 0. The lowest BCUT2D eigenvalue weighted by atomic mass is 10.0. The SMILES string of the molecule is NC1CCN(C[C@@H](O)c2ccc(Cl)cc2)CC1. The van der Waals surface area contributed by atoms with E-state index in [9.17, 15) is 5.11 Å². The van der Waals surface area contributed by atoms with Crippen LogP contribution < -0.4 is 5.73 Å². The van der Waals surface area contributed by atoms with Crippen molar-refractivity contribution < 1.29 is 5.11 Å². The maximum Gasteiger partial charge on any atom is 0.0916 e. The summed E-state index contributed by atoms with van der Waals surface area (Å²) in [5, 5.41) is 10.8. The Morgan fingerprint density at radius 1 is 1.29 bits per heavy atom. The summed E-state index contributed by atoms with van der Waals surface area (Å²) >= 11 is 5.82. The van der Waals surface area contributed by atoms with Gasteiger partial charge >= 0.3 is 0 Å². The van der Waals surface area contributed by atoms with Crippen molar-refractivity contribution in [3.8, 4) is 0 Å². The third kappa shape index (κ3) is 3.68. The van der Waals surface area contributed by atoms with Gasteiger partial charge < -0.3 is 15.7 Å². The summed E-state index contributed by atoms with van der Waals surface area (Å²) in [6.07, 6.45) is 1.60. The second-order valence-corrected chi connectivity index (χ2v) is 5.14. The molecule has 1 aromatic rings. The highest BCUT2D eigenvalue weighted by molar-refractivity contribution is 6.30. The average Bonchev–Trinajstić information content (AvgIpc) is 2.33. The van der Waals surface area contributed by atoms with E-state index in [4.69, 9.17) is 17.3 Å². The Labute approximate surface area is 107 Å². The van der Waals surface area contributed by atoms with Gasteiger partial charge in [0.2, 0.25) is 0 Å². The molecular weight excluding hydrogens is 236 g/mol. The standard InChI is InChI=1S/C13H19ClN2O/c14-11-3-1-10(2-4-11)13(17)9-16-7-5-12(15)6-8-16/h1-4,12-13,17H,5-9,15H2/t13-/m1/s1. The molecule has 0 aliphatic carbocycles. The van der Waals surface area contributed by atoms with Gasteiger partial charge in [-0.05, 0) is 43.6 Å². The molecule has 1 aromatic carbocycles. The van der Waals surface area contributed by atoms with E-state index in [1.165, 1.54) is 0 Å². The van der Waals surface area contributed by atoms with Crippen LogP contribution in [0, 0.1) is 0 Å². The molecule has 3 nitrogen and oxygen atoms in total. The van der Waals surface area contributed by atoms with Crippen LogP contribution in [-0.4, -0.2) is 35.7 Å². The summed E-state index contributed by atoms with van der Waals surface area (Å²) in [4.78, 5) is 2.27. The van der Waals surface area contributed by atoms with Crippen LogP contribution in [0.3, 0.4) is 0 Å². The van der Waals surface area contributed by atoms with Crippen LogP contribution in [-0.2, 0) is 0 Å². The number of hydrogen-bond acceptors (Lipinski definition) is 3. The number of likely N-dealkylation sites (tertiary alicyclic amines) is 1. The maximum absolute atomic E-state index is 10.1. The molecule has 2 rings (SSSR count). The summed E-state index contributed by atoms with van der Waals surface area (Å²) in [6, 6.07) is 7.71. The van der Waals surface area contributed by atoms with Crippen molar-refractivity contribution in [3.05, 3.63) is 34.9 Å². The first-order valence-electron chi connectivity index (χ1n) is 6.06. The Morgan fingerprint density at radius 3 is 2.47 bits per heavy atom. The first-order valence-corrected chi connectivity index (χ1v) is 6.44. The number of rotatable bonds is 3. The molecule has 1 aliphatic heterocycles. The molecule has 1 heterocycles. The second-order valence-electron chi connectivity index (χ2n) is 4.71. The van der Waals surface area contributed by atoms with Gasteiger partial charge in [0.05, 0.1) is 6.10 Å².